The van der Waals surface area contributed by atoms with Gasteiger partial charge in [0.2, 0.25) is 5.91 Å². The van der Waals surface area contributed by atoms with Crippen LogP contribution in [-0.2, 0) is 16.1 Å². The average Bonchev–Trinajstić information content (AvgIpc) is 2.54. The lowest BCUT2D eigenvalue weighted by atomic mass is 9.97. The Bertz CT molecular complexity index is 490. The zero-order valence-corrected chi connectivity index (χ0v) is 14.5. The van der Waals surface area contributed by atoms with E-state index in [2.05, 4.69) is 48.3 Å². The smallest absolute Gasteiger partial charge is 0.236 e. The maximum absolute atomic E-state index is 12.3. The Morgan fingerprint density at radius 1 is 1.26 bits per heavy atom. The Morgan fingerprint density at radius 2 is 2.00 bits per heavy atom. The lowest BCUT2D eigenvalue weighted by Gasteiger charge is -2.47. The Balaban J connectivity index is 1.85. The Kier molecular flexibility index (Phi) is 6.57. The first kappa shape index (κ1) is 17.9. The number of piperazine rings is 1. The number of benzene rings is 1. The summed E-state index contributed by atoms with van der Waals surface area (Å²) in [4.78, 5) is 16.8. The molecule has 5 heteroatoms. The van der Waals surface area contributed by atoms with Gasteiger partial charge in [-0.15, -0.1) is 0 Å². The van der Waals surface area contributed by atoms with Crippen LogP contribution in [0, 0.1) is 0 Å². The predicted octanol–water partition coefficient (Wildman–Crippen LogP) is 1.35. The van der Waals surface area contributed by atoms with E-state index in [9.17, 15) is 4.79 Å². The molecule has 1 saturated heterocycles. The fraction of sp³-hybridized carbons (Fsp3) is 0.611. The van der Waals surface area contributed by atoms with Gasteiger partial charge in [-0.1, -0.05) is 30.3 Å². The summed E-state index contributed by atoms with van der Waals surface area (Å²) in [6.07, 6.45) is 0. The molecular weight excluding hydrogens is 290 g/mol. The number of methoxy groups -OCH3 is 1. The van der Waals surface area contributed by atoms with Crippen LogP contribution in [0.25, 0.3) is 0 Å². The average molecular weight is 319 g/mol. The van der Waals surface area contributed by atoms with Crippen molar-refractivity contribution in [3.63, 3.8) is 0 Å². The molecule has 128 valence electrons. The van der Waals surface area contributed by atoms with Gasteiger partial charge < -0.3 is 15.0 Å². The fourth-order valence-electron chi connectivity index (χ4n) is 2.98. The summed E-state index contributed by atoms with van der Waals surface area (Å²) in [5.41, 5.74) is 1.30. The summed E-state index contributed by atoms with van der Waals surface area (Å²) >= 11 is 0. The molecule has 1 amide bonds. The monoisotopic (exact) mass is 319 g/mol. The lowest BCUT2D eigenvalue weighted by Crippen LogP contribution is -2.60. The molecule has 0 aliphatic carbocycles. The molecule has 2 rings (SSSR count). The zero-order valence-electron chi connectivity index (χ0n) is 14.5. The van der Waals surface area contributed by atoms with Crippen LogP contribution in [0.15, 0.2) is 30.3 Å². The van der Waals surface area contributed by atoms with E-state index < -0.39 is 0 Å². The van der Waals surface area contributed by atoms with Crippen LogP contribution in [0.2, 0.25) is 0 Å². The van der Waals surface area contributed by atoms with E-state index in [-0.39, 0.29) is 11.4 Å². The zero-order chi connectivity index (χ0) is 16.7. The van der Waals surface area contributed by atoms with Gasteiger partial charge in [-0.25, -0.2) is 0 Å². The molecule has 1 aromatic rings. The molecule has 0 radical (unpaired) electrons. The molecular formula is C18H29N3O2. The molecule has 0 aromatic heterocycles. The number of hydrogen-bond acceptors (Lipinski definition) is 4. The van der Waals surface area contributed by atoms with Gasteiger partial charge in [-0.05, 0) is 19.4 Å². The molecule has 5 nitrogen and oxygen atoms in total. The molecule has 0 saturated carbocycles. The van der Waals surface area contributed by atoms with Gasteiger partial charge in [-0.2, -0.15) is 0 Å². The molecule has 1 aliphatic rings. The summed E-state index contributed by atoms with van der Waals surface area (Å²) in [6.45, 7) is 9.56. The number of ether oxygens (including phenoxy) is 1. The SMILES string of the molecule is COCCNCC(=O)N1CCN(Cc2ccccc2)C(C)(C)C1. The van der Waals surface area contributed by atoms with E-state index in [4.69, 9.17) is 4.74 Å². The summed E-state index contributed by atoms with van der Waals surface area (Å²) in [5.74, 6) is 0.175. The van der Waals surface area contributed by atoms with Crippen molar-refractivity contribution < 1.29 is 9.53 Å². The maximum atomic E-state index is 12.3. The van der Waals surface area contributed by atoms with Gasteiger partial charge in [0.25, 0.3) is 0 Å². The topological polar surface area (TPSA) is 44.8 Å². The Labute approximate surface area is 139 Å². The molecule has 1 aromatic carbocycles. The molecule has 23 heavy (non-hydrogen) atoms. The highest BCUT2D eigenvalue weighted by Gasteiger charge is 2.35. The minimum absolute atomic E-state index is 0.0176. The normalized spacial score (nSPS) is 18.1. The number of nitrogens with zero attached hydrogens (tertiary/aromatic N) is 2. The minimum Gasteiger partial charge on any atom is -0.383 e. The van der Waals surface area contributed by atoms with Crippen LogP contribution in [0.5, 0.6) is 0 Å². The molecule has 1 heterocycles. The third kappa shape index (κ3) is 5.30. The van der Waals surface area contributed by atoms with E-state index in [1.54, 1.807) is 7.11 Å². The van der Waals surface area contributed by atoms with E-state index >= 15 is 0 Å². The van der Waals surface area contributed by atoms with Crippen molar-refractivity contribution in [2.45, 2.75) is 25.9 Å². The van der Waals surface area contributed by atoms with E-state index in [1.165, 1.54) is 5.56 Å². The minimum atomic E-state index is -0.0176. The highest BCUT2D eigenvalue weighted by atomic mass is 16.5. The molecule has 1 aliphatic heterocycles. The van der Waals surface area contributed by atoms with Crippen LogP contribution in [-0.4, -0.2) is 67.7 Å². The second kappa shape index (κ2) is 8.43. The van der Waals surface area contributed by atoms with Crippen molar-refractivity contribution in [3.05, 3.63) is 35.9 Å². The molecule has 0 unspecified atom stereocenters. The predicted molar refractivity (Wildman–Crippen MR) is 92.3 cm³/mol. The number of carbonyl (C=O) groups excluding carboxylic acids is 1. The van der Waals surface area contributed by atoms with Crippen LogP contribution < -0.4 is 5.32 Å². The van der Waals surface area contributed by atoms with Gasteiger partial charge in [0, 0.05) is 45.4 Å². The largest absolute Gasteiger partial charge is 0.383 e. The van der Waals surface area contributed by atoms with Crippen LogP contribution >= 0.6 is 0 Å². The second-order valence-electron chi connectivity index (χ2n) is 6.70. The molecule has 0 bridgehead atoms. The van der Waals surface area contributed by atoms with Crippen molar-refractivity contribution >= 4 is 5.91 Å². The summed E-state index contributed by atoms with van der Waals surface area (Å²) < 4.78 is 4.98. The third-order valence-electron chi connectivity index (χ3n) is 4.40. The summed E-state index contributed by atoms with van der Waals surface area (Å²) in [6, 6.07) is 10.5. The van der Waals surface area contributed by atoms with Gasteiger partial charge >= 0.3 is 0 Å². The number of rotatable bonds is 7. The van der Waals surface area contributed by atoms with Crippen molar-refractivity contribution in [3.8, 4) is 0 Å². The Morgan fingerprint density at radius 3 is 2.65 bits per heavy atom. The fourth-order valence-corrected chi connectivity index (χ4v) is 2.98. The van der Waals surface area contributed by atoms with Gasteiger partial charge in [-0.3, -0.25) is 9.69 Å². The second-order valence-corrected chi connectivity index (χ2v) is 6.70. The first-order valence-corrected chi connectivity index (χ1v) is 8.29. The lowest BCUT2D eigenvalue weighted by molar-refractivity contribution is -0.135. The molecule has 1 N–H and O–H groups in total. The van der Waals surface area contributed by atoms with Gasteiger partial charge in [0.05, 0.1) is 13.2 Å². The summed E-state index contributed by atoms with van der Waals surface area (Å²) in [7, 11) is 1.66. The van der Waals surface area contributed by atoms with E-state index in [0.29, 0.717) is 19.7 Å². The van der Waals surface area contributed by atoms with E-state index in [1.807, 2.05) is 11.0 Å². The molecule has 1 fully saturated rings. The highest BCUT2D eigenvalue weighted by Crippen LogP contribution is 2.23. The first-order chi connectivity index (χ1) is 11.0. The first-order valence-electron chi connectivity index (χ1n) is 8.29. The highest BCUT2D eigenvalue weighted by molar-refractivity contribution is 5.78. The van der Waals surface area contributed by atoms with Gasteiger partial charge in [0.15, 0.2) is 0 Å². The van der Waals surface area contributed by atoms with E-state index in [0.717, 1.165) is 26.2 Å². The van der Waals surface area contributed by atoms with Crippen molar-refractivity contribution in [1.82, 2.24) is 15.1 Å². The molecule has 0 spiro atoms. The molecule has 0 atom stereocenters. The quantitative estimate of drug-likeness (QED) is 0.771. The standard InChI is InChI=1S/C18H29N3O2/c1-18(2)15-20(17(22)13-19-9-12-23-3)10-11-21(18)14-16-7-5-4-6-8-16/h4-8,19H,9-15H2,1-3H3. The number of carbonyl (C=O) groups is 1. The van der Waals surface area contributed by atoms with Crippen LogP contribution in [0.1, 0.15) is 19.4 Å². The summed E-state index contributed by atoms with van der Waals surface area (Å²) in [5, 5.41) is 3.13. The van der Waals surface area contributed by atoms with Gasteiger partial charge in [0.1, 0.15) is 0 Å². The number of amides is 1. The van der Waals surface area contributed by atoms with Crippen molar-refractivity contribution in [2.24, 2.45) is 0 Å². The van der Waals surface area contributed by atoms with Crippen LogP contribution in [0.3, 0.4) is 0 Å². The van der Waals surface area contributed by atoms with Crippen molar-refractivity contribution in [1.29, 1.82) is 0 Å². The van der Waals surface area contributed by atoms with Crippen molar-refractivity contribution in [2.75, 3.05) is 46.4 Å². The number of nitrogens with one attached hydrogen (secondary N) is 1. The number of hydrogen-bond donors (Lipinski definition) is 1. The van der Waals surface area contributed by atoms with Crippen LogP contribution in [0.4, 0.5) is 0 Å². The Hall–Kier alpha value is -1.43. The third-order valence-corrected chi connectivity index (χ3v) is 4.40. The maximum Gasteiger partial charge on any atom is 0.236 e.